The highest BCUT2D eigenvalue weighted by Gasteiger charge is 2.19. The molecule has 104 valence electrons. The summed E-state index contributed by atoms with van der Waals surface area (Å²) in [6.07, 6.45) is 0.693. The molecule has 0 radical (unpaired) electrons. The van der Waals surface area contributed by atoms with Crippen LogP contribution in [-0.2, 0) is 6.42 Å². The summed E-state index contributed by atoms with van der Waals surface area (Å²) in [6, 6.07) is 6.81. The second kappa shape index (κ2) is 6.53. The molecule has 0 bridgehead atoms. The van der Waals surface area contributed by atoms with Crippen LogP contribution in [0.1, 0.15) is 19.4 Å². The van der Waals surface area contributed by atoms with E-state index in [-0.39, 0.29) is 11.2 Å². The number of ether oxygens (including phenoxy) is 1. The first-order chi connectivity index (χ1) is 8.88. The molecule has 0 saturated heterocycles. The van der Waals surface area contributed by atoms with Gasteiger partial charge in [-0.3, -0.25) is 0 Å². The van der Waals surface area contributed by atoms with Gasteiger partial charge in [0, 0.05) is 13.1 Å². The van der Waals surface area contributed by atoms with Gasteiger partial charge >= 0.3 is 0 Å². The van der Waals surface area contributed by atoms with Crippen molar-refractivity contribution in [1.82, 2.24) is 4.90 Å². The normalized spacial score (nSPS) is 11.4. The van der Waals surface area contributed by atoms with E-state index in [0.717, 1.165) is 12.1 Å². The van der Waals surface area contributed by atoms with Crippen LogP contribution in [0.3, 0.4) is 0 Å². The third-order valence-corrected chi connectivity index (χ3v) is 2.97. The summed E-state index contributed by atoms with van der Waals surface area (Å²) in [7, 11) is 3.55. The number of rotatable bonds is 6. The standard InChI is InChI=1S/C15H21FN2O/c1-15(2,10-17)11-18(3)8-7-12-9-13(16)5-6-14(12)19-4/h5-6,9H,7-8,11H2,1-4H3. The Bertz CT molecular complexity index is 466. The van der Waals surface area contributed by atoms with E-state index in [2.05, 4.69) is 11.0 Å². The Morgan fingerprint density at radius 1 is 1.42 bits per heavy atom. The molecule has 0 spiro atoms. The smallest absolute Gasteiger partial charge is 0.123 e. The van der Waals surface area contributed by atoms with Crippen LogP contribution in [0.5, 0.6) is 5.75 Å². The van der Waals surface area contributed by atoms with Gasteiger partial charge < -0.3 is 9.64 Å². The Morgan fingerprint density at radius 3 is 2.68 bits per heavy atom. The van der Waals surface area contributed by atoms with Gasteiger partial charge in [0.25, 0.3) is 0 Å². The van der Waals surface area contributed by atoms with Crippen LogP contribution in [0.4, 0.5) is 4.39 Å². The summed E-state index contributed by atoms with van der Waals surface area (Å²) in [5.74, 6) is 0.449. The molecule has 0 amide bonds. The first-order valence-corrected chi connectivity index (χ1v) is 6.30. The molecule has 0 N–H and O–H groups in total. The molecule has 1 rings (SSSR count). The molecule has 0 atom stereocenters. The zero-order valence-corrected chi connectivity index (χ0v) is 12.0. The number of likely N-dealkylation sites (N-methyl/N-ethyl adjacent to an activating group) is 1. The molecule has 0 saturated carbocycles. The minimum atomic E-state index is -0.374. The minimum Gasteiger partial charge on any atom is -0.496 e. The SMILES string of the molecule is COc1ccc(F)cc1CCN(C)CC(C)(C)C#N. The van der Waals surface area contributed by atoms with E-state index >= 15 is 0 Å². The van der Waals surface area contributed by atoms with Gasteiger partial charge in [0.1, 0.15) is 11.6 Å². The highest BCUT2D eigenvalue weighted by Crippen LogP contribution is 2.21. The van der Waals surface area contributed by atoms with Gasteiger partial charge in [0.2, 0.25) is 0 Å². The molecule has 0 aromatic heterocycles. The zero-order chi connectivity index (χ0) is 14.5. The van der Waals surface area contributed by atoms with Crippen molar-refractivity contribution in [2.45, 2.75) is 20.3 Å². The maximum atomic E-state index is 13.2. The number of nitriles is 1. The van der Waals surface area contributed by atoms with Crippen molar-refractivity contribution in [3.05, 3.63) is 29.6 Å². The van der Waals surface area contributed by atoms with E-state index in [0.29, 0.717) is 18.7 Å². The number of benzene rings is 1. The van der Waals surface area contributed by atoms with Crippen LogP contribution in [-0.4, -0.2) is 32.1 Å². The van der Waals surface area contributed by atoms with Crippen molar-refractivity contribution >= 4 is 0 Å². The average molecular weight is 264 g/mol. The third-order valence-electron chi connectivity index (χ3n) is 2.97. The number of methoxy groups -OCH3 is 1. The maximum absolute atomic E-state index is 13.2. The van der Waals surface area contributed by atoms with Crippen LogP contribution in [0, 0.1) is 22.6 Å². The van der Waals surface area contributed by atoms with E-state index in [1.807, 2.05) is 20.9 Å². The monoisotopic (exact) mass is 264 g/mol. The van der Waals surface area contributed by atoms with Crippen molar-refractivity contribution in [2.24, 2.45) is 5.41 Å². The molecule has 0 heterocycles. The van der Waals surface area contributed by atoms with Crippen molar-refractivity contribution in [3.8, 4) is 11.8 Å². The van der Waals surface area contributed by atoms with Crippen LogP contribution in [0.2, 0.25) is 0 Å². The molecule has 0 fully saturated rings. The number of halogens is 1. The average Bonchev–Trinajstić information content (AvgIpc) is 2.36. The fourth-order valence-corrected chi connectivity index (χ4v) is 2.04. The first-order valence-electron chi connectivity index (χ1n) is 6.30. The van der Waals surface area contributed by atoms with Gasteiger partial charge in [-0.2, -0.15) is 5.26 Å². The largest absolute Gasteiger partial charge is 0.496 e. The Balaban J connectivity index is 2.62. The molecule has 0 aliphatic carbocycles. The van der Waals surface area contributed by atoms with Crippen molar-refractivity contribution in [1.29, 1.82) is 5.26 Å². The molecule has 0 unspecified atom stereocenters. The first kappa shape index (κ1) is 15.5. The van der Waals surface area contributed by atoms with E-state index in [1.54, 1.807) is 13.2 Å². The minimum absolute atomic E-state index is 0.254. The van der Waals surface area contributed by atoms with E-state index in [9.17, 15) is 4.39 Å². The summed E-state index contributed by atoms with van der Waals surface area (Å²) < 4.78 is 18.4. The zero-order valence-electron chi connectivity index (χ0n) is 12.0. The molecular formula is C15H21FN2O. The summed E-state index contributed by atoms with van der Waals surface area (Å²) in [5, 5.41) is 9.00. The van der Waals surface area contributed by atoms with Crippen molar-refractivity contribution < 1.29 is 9.13 Å². The number of nitrogens with zero attached hydrogens (tertiary/aromatic N) is 2. The summed E-state index contributed by atoms with van der Waals surface area (Å²) >= 11 is 0. The van der Waals surface area contributed by atoms with Gasteiger partial charge in [-0.15, -0.1) is 0 Å². The predicted octanol–water partition coefficient (Wildman–Crippen LogP) is 2.86. The molecule has 19 heavy (non-hydrogen) atoms. The molecule has 4 heteroatoms. The van der Waals surface area contributed by atoms with Crippen LogP contribution >= 0.6 is 0 Å². The number of hydrogen-bond acceptors (Lipinski definition) is 3. The lowest BCUT2D eigenvalue weighted by atomic mass is 9.95. The second-order valence-corrected chi connectivity index (χ2v) is 5.44. The van der Waals surface area contributed by atoms with E-state index < -0.39 is 0 Å². The van der Waals surface area contributed by atoms with Gasteiger partial charge in [-0.25, -0.2) is 4.39 Å². The summed E-state index contributed by atoms with van der Waals surface area (Å²) in [5.41, 5.74) is 0.477. The van der Waals surface area contributed by atoms with E-state index in [1.165, 1.54) is 12.1 Å². The summed E-state index contributed by atoms with van der Waals surface area (Å²) in [4.78, 5) is 2.08. The van der Waals surface area contributed by atoms with Crippen molar-refractivity contribution in [3.63, 3.8) is 0 Å². The topological polar surface area (TPSA) is 36.3 Å². The van der Waals surface area contributed by atoms with Crippen LogP contribution in [0.25, 0.3) is 0 Å². The van der Waals surface area contributed by atoms with Gasteiger partial charge in [-0.1, -0.05) is 0 Å². The van der Waals surface area contributed by atoms with Gasteiger partial charge in [0.05, 0.1) is 18.6 Å². The maximum Gasteiger partial charge on any atom is 0.123 e. The molecule has 0 aliphatic rings. The Morgan fingerprint density at radius 2 is 2.11 bits per heavy atom. The molecule has 1 aromatic carbocycles. The Kier molecular flexibility index (Phi) is 5.31. The summed E-state index contributed by atoms with van der Waals surface area (Å²) in [6.45, 7) is 5.25. The van der Waals surface area contributed by atoms with Crippen LogP contribution in [0.15, 0.2) is 18.2 Å². The lowest BCUT2D eigenvalue weighted by Crippen LogP contribution is -2.31. The molecular weight excluding hydrogens is 243 g/mol. The lowest BCUT2D eigenvalue weighted by Gasteiger charge is -2.24. The molecule has 3 nitrogen and oxygen atoms in total. The van der Waals surface area contributed by atoms with E-state index in [4.69, 9.17) is 10.00 Å². The highest BCUT2D eigenvalue weighted by atomic mass is 19.1. The Hall–Kier alpha value is -1.60. The van der Waals surface area contributed by atoms with Gasteiger partial charge in [0.15, 0.2) is 0 Å². The molecule has 1 aromatic rings. The lowest BCUT2D eigenvalue weighted by molar-refractivity contribution is 0.257. The highest BCUT2D eigenvalue weighted by molar-refractivity contribution is 5.34. The number of hydrogen-bond donors (Lipinski definition) is 0. The van der Waals surface area contributed by atoms with Crippen molar-refractivity contribution in [2.75, 3.05) is 27.2 Å². The predicted molar refractivity (Wildman–Crippen MR) is 73.5 cm³/mol. The van der Waals surface area contributed by atoms with Crippen LogP contribution < -0.4 is 4.74 Å². The third kappa shape index (κ3) is 4.88. The fourth-order valence-electron chi connectivity index (χ4n) is 2.04. The Labute approximate surface area is 114 Å². The van der Waals surface area contributed by atoms with Gasteiger partial charge in [-0.05, 0) is 51.1 Å². The second-order valence-electron chi connectivity index (χ2n) is 5.44. The molecule has 0 aliphatic heterocycles. The fraction of sp³-hybridized carbons (Fsp3) is 0.533. The quantitative estimate of drug-likeness (QED) is 0.792.